The van der Waals surface area contributed by atoms with Crippen molar-refractivity contribution in [3.8, 4) is 5.75 Å². The highest BCUT2D eigenvalue weighted by Crippen LogP contribution is 2.37. The van der Waals surface area contributed by atoms with Crippen molar-refractivity contribution in [1.29, 1.82) is 0 Å². The number of fused-ring (bicyclic) bond motifs is 1. The number of halogens is 2. The van der Waals surface area contributed by atoms with Crippen LogP contribution in [0.25, 0.3) is 10.9 Å². The normalized spacial score (nSPS) is 11.0. The fraction of sp³-hybridized carbons (Fsp3) is 0.167. The Morgan fingerprint density at radius 2 is 2.00 bits per heavy atom. The molecule has 1 amide bonds. The predicted molar refractivity (Wildman–Crippen MR) is 99.6 cm³/mol. The highest BCUT2D eigenvalue weighted by molar-refractivity contribution is 9.10. The first kappa shape index (κ1) is 16.9. The smallest absolute Gasteiger partial charge is 0.221 e. The second-order valence-corrected chi connectivity index (χ2v) is 6.65. The zero-order chi connectivity index (χ0) is 17.3. The molecule has 0 atom stereocenters. The van der Waals surface area contributed by atoms with Crippen LogP contribution in [0.4, 0.5) is 0 Å². The number of aromatic nitrogens is 1. The number of benzene rings is 2. The minimum atomic E-state index is -0.386. The first-order valence-electron chi connectivity index (χ1n) is 7.37. The van der Waals surface area contributed by atoms with Gasteiger partial charge in [-0.1, -0.05) is 41.9 Å². The summed E-state index contributed by atoms with van der Waals surface area (Å²) in [6.45, 7) is 0.652. The number of amides is 1. The van der Waals surface area contributed by atoms with Crippen LogP contribution in [0.3, 0.4) is 0 Å². The van der Waals surface area contributed by atoms with E-state index < -0.39 is 0 Å². The number of primary amides is 1. The fourth-order valence-electron chi connectivity index (χ4n) is 2.81. The third kappa shape index (κ3) is 3.14. The van der Waals surface area contributed by atoms with Crippen molar-refractivity contribution in [3.63, 3.8) is 0 Å². The van der Waals surface area contributed by atoms with E-state index in [2.05, 4.69) is 32.6 Å². The lowest BCUT2D eigenvalue weighted by Crippen LogP contribution is -2.14. The second kappa shape index (κ2) is 6.87. The second-order valence-electron chi connectivity index (χ2n) is 5.49. The average molecular weight is 408 g/mol. The average Bonchev–Trinajstić information content (AvgIpc) is 2.80. The summed E-state index contributed by atoms with van der Waals surface area (Å²) in [5, 5.41) is 1.42. The molecule has 0 saturated heterocycles. The van der Waals surface area contributed by atoms with Gasteiger partial charge in [0.05, 0.1) is 28.7 Å². The maximum Gasteiger partial charge on any atom is 0.221 e. The number of hydrogen-bond donors (Lipinski definition) is 1. The molecule has 4 nitrogen and oxygen atoms in total. The van der Waals surface area contributed by atoms with E-state index in [1.54, 1.807) is 7.11 Å². The summed E-state index contributed by atoms with van der Waals surface area (Å²) < 4.78 is 8.21. The molecule has 1 heterocycles. The summed E-state index contributed by atoms with van der Waals surface area (Å²) >= 11 is 9.92. The summed E-state index contributed by atoms with van der Waals surface area (Å²) in [7, 11) is 1.57. The maximum absolute atomic E-state index is 11.5. The van der Waals surface area contributed by atoms with Gasteiger partial charge in [-0.15, -0.1) is 0 Å². The Morgan fingerprint density at radius 3 is 2.62 bits per heavy atom. The Labute approximate surface area is 153 Å². The van der Waals surface area contributed by atoms with Crippen molar-refractivity contribution in [2.24, 2.45) is 5.73 Å². The molecular weight excluding hydrogens is 392 g/mol. The van der Waals surface area contributed by atoms with Gasteiger partial charge in [-0.05, 0) is 33.6 Å². The lowest BCUT2D eigenvalue weighted by molar-refractivity contribution is -0.117. The summed E-state index contributed by atoms with van der Waals surface area (Å²) in [6.07, 6.45) is 0.143. The number of nitrogens with zero attached hydrogens (tertiary/aromatic N) is 1. The number of carbonyl (C=O) groups is 1. The lowest BCUT2D eigenvalue weighted by Gasteiger charge is -2.09. The van der Waals surface area contributed by atoms with Crippen molar-refractivity contribution in [2.75, 3.05) is 7.11 Å². The van der Waals surface area contributed by atoms with Crippen molar-refractivity contribution < 1.29 is 9.53 Å². The van der Waals surface area contributed by atoms with E-state index in [0.717, 1.165) is 26.6 Å². The van der Waals surface area contributed by atoms with Crippen LogP contribution in [0.2, 0.25) is 5.02 Å². The van der Waals surface area contributed by atoms with Crippen molar-refractivity contribution in [2.45, 2.75) is 13.0 Å². The van der Waals surface area contributed by atoms with Crippen molar-refractivity contribution >= 4 is 44.3 Å². The molecule has 3 rings (SSSR count). The number of hydrogen-bond acceptors (Lipinski definition) is 2. The van der Waals surface area contributed by atoms with Crippen LogP contribution in [0.5, 0.6) is 5.75 Å². The fourth-order valence-corrected chi connectivity index (χ4v) is 3.71. The third-order valence-corrected chi connectivity index (χ3v) is 5.11. The number of methoxy groups -OCH3 is 1. The minimum absolute atomic E-state index is 0.143. The number of carbonyl (C=O) groups excluding carboxylic acids is 1. The predicted octanol–water partition coefficient (Wildman–Crippen LogP) is 4.14. The summed E-state index contributed by atoms with van der Waals surface area (Å²) in [6, 6.07) is 13.8. The summed E-state index contributed by atoms with van der Waals surface area (Å²) in [4.78, 5) is 11.5. The van der Waals surface area contributed by atoms with Gasteiger partial charge >= 0.3 is 0 Å². The quantitative estimate of drug-likeness (QED) is 0.691. The molecule has 24 heavy (non-hydrogen) atoms. The van der Waals surface area contributed by atoms with E-state index >= 15 is 0 Å². The van der Waals surface area contributed by atoms with E-state index in [0.29, 0.717) is 17.3 Å². The Bertz CT molecular complexity index is 907. The van der Waals surface area contributed by atoms with Crippen LogP contribution in [0.15, 0.2) is 47.1 Å². The van der Waals surface area contributed by atoms with Crippen LogP contribution in [-0.2, 0) is 17.8 Å². The molecule has 0 fully saturated rings. The van der Waals surface area contributed by atoms with Gasteiger partial charge in [-0.2, -0.15) is 0 Å². The molecule has 2 aromatic carbocycles. The number of rotatable bonds is 5. The van der Waals surface area contributed by atoms with E-state index in [1.165, 1.54) is 0 Å². The van der Waals surface area contributed by atoms with Gasteiger partial charge in [-0.25, -0.2) is 0 Å². The highest BCUT2D eigenvalue weighted by Gasteiger charge is 2.19. The molecule has 0 saturated carbocycles. The van der Waals surface area contributed by atoms with Crippen molar-refractivity contribution in [1.82, 2.24) is 4.57 Å². The first-order chi connectivity index (χ1) is 11.5. The summed E-state index contributed by atoms with van der Waals surface area (Å²) in [5.41, 5.74) is 8.33. The minimum Gasteiger partial charge on any atom is -0.495 e. The van der Waals surface area contributed by atoms with Crippen LogP contribution in [0.1, 0.15) is 11.1 Å². The van der Waals surface area contributed by atoms with Gasteiger partial charge in [0.15, 0.2) is 0 Å². The standard InChI is InChI=1S/C18H16BrClN2O2/c1-24-16-7-12-13(8-17(21)23)18(19)22(15(12)9-14(16)20)10-11-5-3-2-4-6-11/h2-7,9H,8,10H2,1H3,(H2,21,23). The molecule has 2 N–H and O–H groups in total. The van der Waals surface area contributed by atoms with Crippen molar-refractivity contribution in [3.05, 3.63) is 63.2 Å². The molecule has 0 aliphatic rings. The molecule has 0 aliphatic heterocycles. The topological polar surface area (TPSA) is 57.2 Å². The first-order valence-corrected chi connectivity index (χ1v) is 8.54. The SMILES string of the molecule is COc1cc2c(CC(N)=O)c(Br)n(Cc3ccccc3)c2cc1Cl. The van der Waals surface area contributed by atoms with Crippen LogP contribution >= 0.6 is 27.5 Å². The molecule has 1 aromatic heterocycles. The van der Waals surface area contributed by atoms with Gasteiger partial charge in [0.25, 0.3) is 0 Å². The van der Waals surface area contributed by atoms with Crippen LogP contribution in [0, 0.1) is 0 Å². The molecule has 0 radical (unpaired) electrons. The number of ether oxygens (including phenoxy) is 1. The van der Waals surface area contributed by atoms with E-state index in [9.17, 15) is 4.79 Å². The van der Waals surface area contributed by atoms with E-state index in [-0.39, 0.29) is 12.3 Å². The molecule has 0 unspecified atom stereocenters. The molecule has 0 spiro atoms. The molecule has 3 aromatic rings. The highest BCUT2D eigenvalue weighted by atomic mass is 79.9. The Hall–Kier alpha value is -1.98. The third-order valence-electron chi connectivity index (χ3n) is 3.91. The molecule has 0 aliphatic carbocycles. The van der Waals surface area contributed by atoms with Gasteiger partial charge in [0.1, 0.15) is 5.75 Å². The number of nitrogens with two attached hydrogens (primary N) is 1. The largest absolute Gasteiger partial charge is 0.495 e. The monoisotopic (exact) mass is 406 g/mol. The van der Waals surface area contributed by atoms with Crippen LogP contribution in [-0.4, -0.2) is 17.6 Å². The van der Waals surface area contributed by atoms with E-state index in [4.69, 9.17) is 22.1 Å². The molecule has 6 heteroatoms. The van der Waals surface area contributed by atoms with Crippen LogP contribution < -0.4 is 10.5 Å². The van der Waals surface area contributed by atoms with Gasteiger partial charge in [-0.3, -0.25) is 4.79 Å². The maximum atomic E-state index is 11.5. The Kier molecular flexibility index (Phi) is 4.83. The Morgan fingerprint density at radius 1 is 1.29 bits per heavy atom. The zero-order valence-electron chi connectivity index (χ0n) is 13.1. The van der Waals surface area contributed by atoms with Gasteiger partial charge < -0.3 is 15.0 Å². The van der Waals surface area contributed by atoms with Gasteiger partial charge in [0.2, 0.25) is 5.91 Å². The zero-order valence-corrected chi connectivity index (χ0v) is 15.4. The van der Waals surface area contributed by atoms with E-state index in [1.807, 2.05) is 30.3 Å². The molecular formula is C18H16BrClN2O2. The molecule has 124 valence electrons. The lowest BCUT2D eigenvalue weighted by atomic mass is 10.1. The molecule has 0 bridgehead atoms. The Balaban J connectivity index is 2.22. The van der Waals surface area contributed by atoms with Gasteiger partial charge in [0, 0.05) is 17.5 Å². The summed E-state index contributed by atoms with van der Waals surface area (Å²) in [5.74, 6) is 0.183.